The lowest BCUT2D eigenvalue weighted by Gasteiger charge is -2.17. The van der Waals surface area contributed by atoms with E-state index in [2.05, 4.69) is 5.10 Å². The van der Waals surface area contributed by atoms with Crippen molar-refractivity contribution >= 4 is 11.6 Å². The number of carbonyl (C=O) groups is 1. The van der Waals surface area contributed by atoms with Crippen LogP contribution in [0.4, 0.5) is 5.69 Å². The predicted octanol–water partition coefficient (Wildman–Crippen LogP) is 2.08. The average Bonchev–Trinajstić information content (AvgIpc) is 2.93. The Kier molecular flexibility index (Phi) is 4.32. The van der Waals surface area contributed by atoms with Gasteiger partial charge in [-0.1, -0.05) is 0 Å². The van der Waals surface area contributed by atoms with Gasteiger partial charge in [-0.2, -0.15) is 5.10 Å². The first-order chi connectivity index (χ1) is 10.0. The van der Waals surface area contributed by atoms with Gasteiger partial charge in [0.15, 0.2) is 0 Å². The molecular weight excluding hydrogens is 272 g/mol. The highest BCUT2D eigenvalue weighted by Gasteiger charge is 2.15. The van der Waals surface area contributed by atoms with Crippen molar-refractivity contribution in [1.82, 2.24) is 14.7 Å². The standard InChI is InChI=1S/C14H16N4O3/c1-3-17-13(8-9-15-17)10-16(2)14(19)11-4-6-12(7-5-11)18(20)21/h4-9H,3,10H2,1-2H3. The zero-order valence-corrected chi connectivity index (χ0v) is 11.9. The van der Waals surface area contributed by atoms with E-state index in [4.69, 9.17) is 0 Å². The molecule has 0 unspecified atom stereocenters. The van der Waals surface area contributed by atoms with Crippen molar-refractivity contribution in [3.8, 4) is 0 Å². The third kappa shape index (κ3) is 3.25. The average molecular weight is 288 g/mol. The molecule has 1 aromatic heterocycles. The number of nitrogens with zero attached hydrogens (tertiary/aromatic N) is 4. The molecule has 0 spiro atoms. The molecule has 7 heteroatoms. The van der Waals surface area contributed by atoms with Gasteiger partial charge in [0.1, 0.15) is 0 Å². The zero-order valence-electron chi connectivity index (χ0n) is 11.9. The van der Waals surface area contributed by atoms with Crippen LogP contribution in [0.1, 0.15) is 23.0 Å². The van der Waals surface area contributed by atoms with Gasteiger partial charge in [-0.3, -0.25) is 19.6 Å². The van der Waals surface area contributed by atoms with Crippen LogP contribution >= 0.6 is 0 Å². The number of aryl methyl sites for hydroxylation is 1. The van der Waals surface area contributed by atoms with Crippen molar-refractivity contribution in [1.29, 1.82) is 0 Å². The number of aromatic nitrogens is 2. The number of benzene rings is 1. The number of nitro groups is 1. The van der Waals surface area contributed by atoms with Crippen LogP contribution in [0.2, 0.25) is 0 Å². The lowest BCUT2D eigenvalue weighted by molar-refractivity contribution is -0.384. The van der Waals surface area contributed by atoms with E-state index < -0.39 is 4.92 Å². The molecule has 0 saturated carbocycles. The molecule has 0 saturated heterocycles. The lowest BCUT2D eigenvalue weighted by atomic mass is 10.2. The van der Waals surface area contributed by atoms with Crippen LogP contribution < -0.4 is 0 Å². The van der Waals surface area contributed by atoms with Crippen molar-refractivity contribution < 1.29 is 9.72 Å². The molecule has 21 heavy (non-hydrogen) atoms. The van der Waals surface area contributed by atoms with E-state index in [1.807, 2.05) is 17.7 Å². The number of hydrogen-bond donors (Lipinski definition) is 0. The summed E-state index contributed by atoms with van der Waals surface area (Å²) in [7, 11) is 1.69. The molecule has 2 aromatic rings. The van der Waals surface area contributed by atoms with Crippen molar-refractivity contribution in [2.24, 2.45) is 0 Å². The molecule has 0 bridgehead atoms. The van der Waals surface area contributed by atoms with E-state index in [-0.39, 0.29) is 11.6 Å². The monoisotopic (exact) mass is 288 g/mol. The van der Waals surface area contributed by atoms with Gasteiger partial charge < -0.3 is 4.90 Å². The number of amides is 1. The van der Waals surface area contributed by atoms with Gasteiger partial charge in [0.25, 0.3) is 11.6 Å². The first-order valence-corrected chi connectivity index (χ1v) is 6.53. The molecular formula is C14H16N4O3. The highest BCUT2D eigenvalue weighted by Crippen LogP contribution is 2.14. The summed E-state index contributed by atoms with van der Waals surface area (Å²) >= 11 is 0. The molecule has 0 aliphatic rings. The van der Waals surface area contributed by atoms with Crippen LogP contribution in [0.25, 0.3) is 0 Å². The topological polar surface area (TPSA) is 81.3 Å². The number of hydrogen-bond acceptors (Lipinski definition) is 4. The number of carbonyl (C=O) groups excluding carboxylic acids is 1. The largest absolute Gasteiger partial charge is 0.336 e. The molecule has 0 atom stereocenters. The van der Waals surface area contributed by atoms with Crippen LogP contribution in [0, 0.1) is 10.1 Å². The number of non-ortho nitro benzene ring substituents is 1. The maximum atomic E-state index is 12.3. The Bertz CT molecular complexity index is 648. The third-order valence-corrected chi connectivity index (χ3v) is 3.17. The zero-order chi connectivity index (χ0) is 15.4. The normalized spacial score (nSPS) is 10.4. The molecule has 110 valence electrons. The van der Waals surface area contributed by atoms with E-state index in [9.17, 15) is 14.9 Å². The van der Waals surface area contributed by atoms with Gasteiger partial charge >= 0.3 is 0 Å². The Labute approximate surface area is 121 Å². The van der Waals surface area contributed by atoms with E-state index >= 15 is 0 Å². The summed E-state index contributed by atoms with van der Waals surface area (Å²) in [5, 5.41) is 14.8. The molecule has 2 rings (SSSR count). The highest BCUT2D eigenvalue weighted by molar-refractivity contribution is 5.94. The second-order valence-electron chi connectivity index (χ2n) is 4.60. The van der Waals surface area contributed by atoms with Crippen molar-refractivity contribution in [2.45, 2.75) is 20.0 Å². The van der Waals surface area contributed by atoms with Gasteiger partial charge in [-0.05, 0) is 25.1 Å². The summed E-state index contributed by atoms with van der Waals surface area (Å²) in [6.45, 7) is 3.15. The van der Waals surface area contributed by atoms with Crippen LogP contribution in [-0.4, -0.2) is 32.6 Å². The molecule has 0 radical (unpaired) electrons. The smallest absolute Gasteiger partial charge is 0.269 e. The Hall–Kier alpha value is -2.70. The minimum absolute atomic E-state index is 0.0294. The second kappa shape index (κ2) is 6.17. The van der Waals surface area contributed by atoms with Gasteiger partial charge in [0.05, 0.1) is 17.2 Å². The summed E-state index contributed by atoms with van der Waals surface area (Å²) in [6, 6.07) is 7.46. The Morgan fingerprint density at radius 3 is 2.57 bits per heavy atom. The maximum Gasteiger partial charge on any atom is 0.269 e. The lowest BCUT2D eigenvalue weighted by Crippen LogP contribution is -2.27. The molecule has 1 amide bonds. The maximum absolute atomic E-state index is 12.3. The van der Waals surface area contributed by atoms with Crippen molar-refractivity contribution in [3.63, 3.8) is 0 Å². The first-order valence-electron chi connectivity index (χ1n) is 6.53. The van der Waals surface area contributed by atoms with E-state index in [1.165, 1.54) is 24.3 Å². The third-order valence-electron chi connectivity index (χ3n) is 3.17. The van der Waals surface area contributed by atoms with E-state index in [1.54, 1.807) is 18.1 Å². The van der Waals surface area contributed by atoms with Crippen molar-refractivity contribution in [2.75, 3.05) is 7.05 Å². The highest BCUT2D eigenvalue weighted by atomic mass is 16.6. The fourth-order valence-corrected chi connectivity index (χ4v) is 2.04. The summed E-state index contributed by atoms with van der Waals surface area (Å²) in [4.78, 5) is 23.9. The van der Waals surface area contributed by atoms with E-state index in [0.29, 0.717) is 12.1 Å². The first kappa shape index (κ1) is 14.7. The molecule has 0 N–H and O–H groups in total. The van der Waals surface area contributed by atoms with Crippen LogP contribution in [0.15, 0.2) is 36.5 Å². The van der Waals surface area contributed by atoms with Gasteiger partial charge in [-0.15, -0.1) is 0 Å². The molecule has 0 aliphatic carbocycles. The Morgan fingerprint density at radius 1 is 1.33 bits per heavy atom. The quantitative estimate of drug-likeness (QED) is 0.623. The molecule has 0 aliphatic heterocycles. The summed E-state index contributed by atoms with van der Waals surface area (Å²) in [5.41, 5.74) is 1.33. The molecule has 1 heterocycles. The summed E-state index contributed by atoms with van der Waals surface area (Å²) in [5.74, 6) is -0.186. The fraction of sp³-hybridized carbons (Fsp3) is 0.286. The predicted molar refractivity (Wildman–Crippen MR) is 76.8 cm³/mol. The Balaban J connectivity index is 2.10. The van der Waals surface area contributed by atoms with Crippen LogP contribution in [0.5, 0.6) is 0 Å². The molecule has 1 aromatic carbocycles. The van der Waals surface area contributed by atoms with Gasteiger partial charge in [0.2, 0.25) is 0 Å². The fourth-order valence-electron chi connectivity index (χ4n) is 2.04. The minimum atomic E-state index is -0.488. The number of nitro benzene ring substituents is 1. The molecule has 0 fully saturated rings. The summed E-state index contributed by atoms with van der Waals surface area (Å²) < 4.78 is 1.82. The van der Waals surface area contributed by atoms with Crippen LogP contribution in [-0.2, 0) is 13.1 Å². The number of rotatable bonds is 5. The summed E-state index contributed by atoms with van der Waals surface area (Å²) in [6.07, 6.45) is 1.70. The Morgan fingerprint density at radius 2 is 2.00 bits per heavy atom. The van der Waals surface area contributed by atoms with Crippen LogP contribution in [0.3, 0.4) is 0 Å². The minimum Gasteiger partial charge on any atom is -0.336 e. The van der Waals surface area contributed by atoms with Crippen molar-refractivity contribution in [3.05, 3.63) is 57.9 Å². The second-order valence-corrected chi connectivity index (χ2v) is 4.60. The SMILES string of the molecule is CCn1nccc1CN(C)C(=O)c1ccc([N+](=O)[O-])cc1. The van der Waals surface area contributed by atoms with Gasteiger partial charge in [0, 0.05) is 37.5 Å². The van der Waals surface area contributed by atoms with Gasteiger partial charge in [-0.25, -0.2) is 0 Å². The van der Waals surface area contributed by atoms with E-state index in [0.717, 1.165) is 12.2 Å². The molecule has 7 nitrogen and oxygen atoms in total.